The van der Waals surface area contributed by atoms with Crippen LogP contribution >= 0.6 is 0 Å². The van der Waals surface area contributed by atoms with Crippen molar-refractivity contribution >= 4 is 11.7 Å². The number of hydrogen-bond acceptors (Lipinski definition) is 5. The molecule has 1 aliphatic heterocycles. The van der Waals surface area contributed by atoms with Crippen molar-refractivity contribution in [3.05, 3.63) is 77.2 Å². The van der Waals surface area contributed by atoms with Crippen LogP contribution in [-0.2, 0) is 4.79 Å². The summed E-state index contributed by atoms with van der Waals surface area (Å²) in [6.45, 7) is 8.62. The van der Waals surface area contributed by atoms with Gasteiger partial charge in [-0.1, -0.05) is 24.3 Å². The smallest absolute Gasteiger partial charge is 0.239 e. The number of para-hydroxylation sites is 1. The lowest BCUT2D eigenvalue weighted by Gasteiger charge is -2.34. The van der Waals surface area contributed by atoms with E-state index >= 15 is 0 Å². The van der Waals surface area contributed by atoms with E-state index in [0.717, 1.165) is 49.7 Å². The molecule has 2 aromatic carbocycles. The van der Waals surface area contributed by atoms with E-state index in [1.54, 1.807) is 16.7 Å². The lowest BCUT2D eigenvalue weighted by atomic mass is 10.2. The van der Waals surface area contributed by atoms with Crippen molar-refractivity contribution in [1.29, 1.82) is 5.26 Å². The van der Waals surface area contributed by atoms with Crippen molar-refractivity contribution in [3.63, 3.8) is 0 Å². The van der Waals surface area contributed by atoms with Crippen LogP contribution in [0.3, 0.4) is 0 Å². The number of amides is 1. The molecule has 0 atom stereocenters. The molecule has 3 aromatic rings. The summed E-state index contributed by atoms with van der Waals surface area (Å²) in [5.74, 6) is 0.677. The van der Waals surface area contributed by atoms with Gasteiger partial charge in [-0.25, -0.2) is 4.39 Å². The Balaban J connectivity index is 1.34. The van der Waals surface area contributed by atoms with Gasteiger partial charge in [-0.05, 0) is 49.7 Å². The Morgan fingerprint density at radius 2 is 1.77 bits per heavy atom. The molecule has 0 bridgehead atoms. The van der Waals surface area contributed by atoms with Crippen molar-refractivity contribution in [1.82, 2.24) is 14.4 Å². The van der Waals surface area contributed by atoms with Crippen molar-refractivity contribution in [2.24, 2.45) is 0 Å². The minimum atomic E-state index is -0.379. The Bertz CT molecular complexity index is 1210. The summed E-state index contributed by atoms with van der Waals surface area (Å²) in [4.78, 5) is 17.4. The first-order valence-electron chi connectivity index (χ1n) is 11.8. The summed E-state index contributed by atoms with van der Waals surface area (Å²) in [5.41, 5.74) is 2.50. The number of nitriles is 1. The molecule has 1 N–H and O–H groups in total. The topological polar surface area (TPSA) is 73.5 Å². The van der Waals surface area contributed by atoms with Gasteiger partial charge in [0.25, 0.3) is 0 Å². The van der Waals surface area contributed by atoms with Gasteiger partial charge in [0.05, 0.1) is 17.8 Å². The first kappa shape index (κ1) is 24.5. The number of rotatable bonds is 8. The number of carbonyl (C=O) groups excluding carboxylic acids is 1. The Morgan fingerprint density at radius 3 is 2.46 bits per heavy atom. The van der Waals surface area contributed by atoms with E-state index in [1.807, 2.05) is 44.2 Å². The summed E-state index contributed by atoms with van der Waals surface area (Å²) >= 11 is 0. The summed E-state index contributed by atoms with van der Waals surface area (Å²) in [7, 11) is 0. The number of nitrogens with one attached hydrogen (secondary N) is 1. The predicted octanol–water partition coefficient (Wildman–Crippen LogP) is 3.74. The molecule has 0 radical (unpaired) electrons. The quantitative estimate of drug-likeness (QED) is 0.537. The lowest BCUT2D eigenvalue weighted by molar-refractivity contribution is -0.117. The molecule has 1 fully saturated rings. The van der Waals surface area contributed by atoms with Crippen LogP contribution in [0.2, 0.25) is 0 Å². The Hall–Kier alpha value is -3.67. The van der Waals surface area contributed by atoms with E-state index in [9.17, 15) is 14.4 Å². The Labute approximate surface area is 205 Å². The molecule has 8 heteroatoms. The molecule has 35 heavy (non-hydrogen) atoms. The van der Waals surface area contributed by atoms with Crippen LogP contribution in [0.15, 0.2) is 54.6 Å². The highest BCUT2D eigenvalue weighted by Gasteiger charge is 2.23. The van der Waals surface area contributed by atoms with E-state index in [1.165, 1.54) is 12.1 Å². The van der Waals surface area contributed by atoms with Crippen LogP contribution in [0.5, 0.6) is 5.75 Å². The zero-order chi connectivity index (χ0) is 24.8. The predicted molar refractivity (Wildman–Crippen MR) is 133 cm³/mol. The van der Waals surface area contributed by atoms with Gasteiger partial charge in [0.1, 0.15) is 30.1 Å². The fraction of sp³-hybridized carbons (Fsp3) is 0.333. The van der Waals surface area contributed by atoms with Gasteiger partial charge in [-0.15, -0.1) is 0 Å². The molecule has 1 aromatic heterocycles. The molecule has 0 spiro atoms. The number of benzene rings is 2. The number of hydrogen-bond donors (Lipinski definition) is 1. The first-order valence-corrected chi connectivity index (χ1v) is 11.8. The molecule has 0 unspecified atom stereocenters. The van der Waals surface area contributed by atoms with Gasteiger partial charge in [0.15, 0.2) is 0 Å². The van der Waals surface area contributed by atoms with Crippen LogP contribution in [-0.4, -0.2) is 66.1 Å². The zero-order valence-electron chi connectivity index (χ0n) is 20.1. The summed E-state index contributed by atoms with van der Waals surface area (Å²) in [6, 6.07) is 18.1. The molecule has 1 aliphatic rings. The maximum atomic E-state index is 13.9. The minimum Gasteiger partial charge on any atom is -0.492 e. The first-order chi connectivity index (χ1) is 17.0. The van der Waals surface area contributed by atoms with E-state index in [2.05, 4.69) is 21.2 Å². The van der Waals surface area contributed by atoms with Gasteiger partial charge < -0.3 is 10.1 Å². The fourth-order valence-corrected chi connectivity index (χ4v) is 4.35. The Morgan fingerprint density at radius 1 is 1.06 bits per heavy atom. The van der Waals surface area contributed by atoms with Crippen LogP contribution < -0.4 is 10.1 Å². The van der Waals surface area contributed by atoms with Crippen LogP contribution in [0.25, 0.3) is 5.69 Å². The highest BCUT2D eigenvalue weighted by atomic mass is 19.1. The van der Waals surface area contributed by atoms with Crippen molar-refractivity contribution in [3.8, 4) is 17.5 Å². The second-order valence-corrected chi connectivity index (χ2v) is 8.69. The average Bonchev–Trinajstić information content (AvgIpc) is 3.09. The maximum absolute atomic E-state index is 13.9. The highest BCUT2D eigenvalue weighted by Crippen LogP contribution is 2.30. The molecule has 182 valence electrons. The normalized spacial score (nSPS) is 14.5. The maximum Gasteiger partial charge on any atom is 0.239 e. The second kappa shape index (κ2) is 11.2. The van der Waals surface area contributed by atoms with E-state index < -0.39 is 0 Å². The molecular formula is C27H30FN5O2. The SMILES string of the molecule is Cc1c(C#N)c(NC(=O)CN2CCN(CCOc3ccccc3)CC2)n(-c2cccc(F)c2)c1C. The fourth-order valence-electron chi connectivity index (χ4n) is 4.35. The van der Waals surface area contributed by atoms with E-state index in [4.69, 9.17) is 4.74 Å². The van der Waals surface area contributed by atoms with Gasteiger partial charge in [-0.3, -0.25) is 19.2 Å². The van der Waals surface area contributed by atoms with Crippen molar-refractivity contribution in [2.45, 2.75) is 13.8 Å². The number of carbonyl (C=O) groups is 1. The van der Waals surface area contributed by atoms with Gasteiger partial charge >= 0.3 is 0 Å². The number of piperazine rings is 1. The van der Waals surface area contributed by atoms with Gasteiger partial charge in [-0.2, -0.15) is 5.26 Å². The third kappa shape index (κ3) is 5.88. The molecule has 4 rings (SSSR count). The number of anilines is 1. The summed E-state index contributed by atoms with van der Waals surface area (Å²) in [6.07, 6.45) is 0. The van der Waals surface area contributed by atoms with Crippen LogP contribution in [0.4, 0.5) is 10.2 Å². The van der Waals surface area contributed by atoms with E-state index in [0.29, 0.717) is 23.7 Å². The van der Waals surface area contributed by atoms with Crippen LogP contribution in [0, 0.1) is 31.0 Å². The molecular weight excluding hydrogens is 445 g/mol. The zero-order valence-corrected chi connectivity index (χ0v) is 20.1. The molecule has 1 amide bonds. The third-order valence-electron chi connectivity index (χ3n) is 6.40. The van der Waals surface area contributed by atoms with Gasteiger partial charge in [0, 0.05) is 38.4 Å². The number of aromatic nitrogens is 1. The average molecular weight is 476 g/mol. The monoisotopic (exact) mass is 475 g/mol. The van der Waals surface area contributed by atoms with E-state index in [-0.39, 0.29) is 18.3 Å². The molecule has 2 heterocycles. The number of halogens is 1. The lowest BCUT2D eigenvalue weighted by Crippen LogP contribution is -2.49. The van der Waals surface area contributed by atoms with Crippen LogP contribution in [0.1, 0.15) is 16.8 Å². The highest BCUT2D eigenvalue weighted by molar-refractivity contribution is 5.93. The minimum absolute atomic E-state index is 0.197. The van der Waals surface area contributed by atoms with Gasteiger partial charge in [0.2, 0.25) is 5.91 Å². The molecule has 0 saturated carbocycles. The van der Waals surface area contributed by atoms with Crippen molar-refractivity contribution in [2.75, 3.05) is 51.2 Å². The largest absolute Gasteiger partial charge is 0.492 e. The Kier molecular flexibility index (Phi) is 7.80. The number of ether oxygens (including phenoxy) is 1. The molecule has 7 nitrogen and oxygen atoms in total. The van der Waals surface area contributed by atoms with Crippen molar-refractivity contribution < 1.29 is 13.9 Å². The second-order valence-electron chi connectivity index (χ2n) is 8.69. The summed E-state index contributed by atoms with van der Waals surface area (Å²) < 4.78 is 21.4. The summed E-state index contributed by atoms with van der Waals surface area (Å²) in [5, 5.41) is 12.7. The molecule has 0 aliphatic carbocycles. The third-order valence-corrected chi connectivity index (χ3v) is 6.40. The number of nitrogens with zero attached hydrogens (tertiary/aromatic N) is 4. The standard InChI is InChI=1S/C27H30FN5O2/c1-20-21(2)33(23-8-6-7-22(28)17-23)27(25(20)18-29)30-26(34)19-32-13-11-31(12-14-32)15-16-35-24-9-4-3-5-10-24/h3-10,17H,11-16,19H2,1-2H3,(H,30,34). The molecule has 1 saturated heterocycles.